The minimum atomic E-state index is -2.12. The molecule has 0 N–H and O–H groups in total. The third-order valence-corrected chi connectivity index (χ3v) is 49.2. The van der Waals surface area contributed by atoms with Crippen LogP contribution in [-0.4, -0.2) is 94.5 Å². The second-order valence-corrected chi connectivity index (χ2v) is 65.5. The van der Waals surface area contributed by atoms with E-state index in [2.05, 4.69) is 74.7 Å². The van der Waals surface area contributed by atoms with Gasteiger partial charge >= 0.3 is 404 Å². The van der Waals surface area contributed by atoms with Gasteiger partial charge in [0.15, 0.2) is 0 Å². The first-order valence-electron chi connectivity index (χ1n) is 48.0. The summed E-state index contributed by atoms with van der Waals surface area (Å²) in [6, 6.07) is 28.7. The molecule has 690 valence electrons. The van der Waals surface area contributed by atoms with Crippen molar-refractivity contribution in [3.8, 4) is 17.2 Å². The predicted molar refractivity (Wildman–Crippen MR) is 547 cm³/mol. The summed E-state index contributed by atoms with van der Waals surface area (Å²) in [6.07, 6.45) is 84.4. The van der Waals surface area contributed by atoms with E-state index in [1.54, 1.807) is 296 Å². The van der Waals surface area contributed by atoms with E-state index in [-0.39, 0.29) is 47.4 Å². The van der Waals surface area contributed by atoms with Gasteiger partial charge in [0.05, 0.1) is 56.3 Å². The van der Waals surface area contributed by atoms with Crippen LogP contribution in [0.3, 0.4) is 0 Å². The van der Waals surface area contributed by atoms with E-state index in [1.165, 1.54) is 67.6 Å². The summed E-state index contributed by atoms with van der Waals surface area (Å²) in [4.78, 5) is 0. The number of ether oxygens (including phenoxy) is 4. The maximum atomic E-state index is 6.44. The SMILES string of the molecule is C1CCC([PH+](C2CCCCC2)C2CCCCC2)CC1.C1CCC([PH+](C2CCCCC2)C2CCCCC2)CC1.C1CCC([PH+](C2CCCCC2)C2CCCCC2)CC1.C=C.CC(C)OC1=C([CH]=[Ru]([Cl])[Cl])C=[C+]C=C1.CC(C)Oc1cc(OC(C)C)c2c(c1)C(c1ccccc1)=C[C]2=[Ru]([Cl])[Cl].COc1cc(C)c2c(c1)C(c1ccccc1)=C[C]2=[Ru]([Cl])[Cl].ClCCl. The summed E-state index contributed by atoms with van der Waals surface area (Å²) < 4.78 is 27.1. The van der Waals surface area contributed by atoms with E-state index in [0.717, 1.165) is 70.2 Å². The summed E-state index contributed by atoms with van der Waals surface area (Å²) in [5, 5.41) is 0.194. The average molecular weight is 2160 g/mol. The Kier molecular flexibility index (Phi) is 51.2. The Labute approximate surface area is 801 Å². The van der Waals surface area contributed by atoms with E-state index in [1.807, 2.05) is 113 Å². The Morgan fingerprint density at radius 3 is 0.976 bits per heavy atom. The van der Waals surface area contributed by atoms with Crippen molar-refractivity contribution in [2.75, 3.05) is 12.4 Å². The molecule has 0 aromatic heterocycles. The average Bonchev–Trinajstić information content (AvgIpc) is 1.61. The van der Waals surface area contributed by atoms with Crippen LogP contribution < -0.4 is 14.2 Å². The number of allylic oxidation sites excluding steroid dienone is 7. The fourth-order valence-corrected chi connectivity index (χ4v) is 45.0. The van der Waals surface area contributed by atoms with Crippen LogP contribution in [-0.2, 0) is 45.3 Å². The summed E-state index contributed by atoms with van der Waals surface area (Å²) in [5.74, 6) is 3.25. The molecule has 0 spiro atoms. The van der Waals surface area contributed by atoms with Gasteiger partial charge < -0.3 is 0 Å². The van der Waals surface area contributed by atoms with Crippen LogP contribution >= 0.6 is 105 Å². The standard InChI is InChI=1S/C21H22O2.3C18H33P.C17H14O.C10H11O.C2H4.CH2Cl2.6ClH.3Ru/c1-14(2)22-17-12-20-18(16-8-6-5-7-9-16)10-11-19(20)21(13-17)23-15(3)4;3*1-4-10-16(11-5-1)19(17-12-6-2-7-13-17)18-14-8-3-9-15-18;1-12-10-14(18-2)11-17-15(12)8-9-16(17)13-6-4-3-5-7-13;1-8(2)11-10-7-5-4-6-9(10)3;1-2;2-1-3;;;;;;;;;/h5-10,12-15H,1-4H3;3*16-18H,1-15H2;3-7,9-11H,1-2H3;3,5-8H,1-2H3;1-2H2;1H2;6*1H;;;/q;;;;;+1;;;;;;;;;3*+2/p-3. The number of rotatable bonds is 19. The smallest absolute Gasteiger partial charge is 0.0967 e. The van der Waals surface area contributed by atoms with Crippen LogP contribution in [0.2, 0.25) is 0 Å². The molecule has 9 fully saturated rings. The second-order valence-electron chi connectivity index (χ2n) is 37.0. The first-order chi connectivity index (χ1) is 59.8. The van der Waals surface area contributed by atoms with Crippen molar-refractivity contribution < 1.29 is 59.5 Å². The van der Waals surface area contributed by atoms with E-state index in [0.29, 0.717) is 0 Å². The third kappa shape index (κ3) is 34.4. The van der Waals surface area contributed by atoms with Crippen molar-refractivity contribution in [2.45, 2.75) is 407 Å². The number of fused-ring (bicyclic) bond motifs is 2. The number of aryl methyl sites for hydroxylation is 1. The zero-order chi connectivity index (χ0) is 87.8. The zero-order valence-electron chi connectivity index (χ0n) is 76.1. The van der Waals surface area contributed by atoms with Gasteiger partial charge in [0.1, 0.15) is 0 Å². The molecule has 123 heavy (non-hydrogen) atoms. The van der Waals surface area contributed by atoms with Crippen LogP contribution in [0.25, 0.3) is 11.1 Å². The molecule has 12 aliphatic carbocycles. The Morgan fingerprint density at radius 1 is 0.398 bits per heavy atom. The first kappa shape index (κ1) is 106. The van der Waals surface area contributed by atoms with E-state index in [9.17, 15) is 0 Å². The van der Waals surface area contributed by atoms with E-state index >= 15 is 0 Å². The molecule has 0 atom stereocenters. The maximum Gasteiger partial charge on any atom is 0.0967 e. The largest absolute Gasteiger partial charge is 0.109 e. The minimum absolute atomic E-state index is 0.0433. The van der Waals surface area contributed by atoms with Gasteiger partial charge in [-0.15, -0.1) is 36.4 Å². The van der Waals surface area contributed by atoms with Crippen LogP contribution in [0.5, 0.6) is 17.2 Å². The van der Waals surface area contributed by atoms with Gasteiger partial charge in [-0.3, -0.25) is 0 Å². The summed E-state index contributed by atoms with van der Waals surface area (Å²) in [5.41, 5.74) is 22.1. The quantitative estimate of drug-likeness (QED) is 0.0308. The first-order valence-corrected chi connectivity index (χ1v) is 70.5. The molecule has 0 bridgehead atoms. The van der Waals surface area contributed by atoms with Crippen LogP contribution in [0.4, 0.5) is 0 Å². The molecular weight excluding hydrogens is 2000 g/mol. The topological polar surface area (TPSA) is 36.9 Å². The number of hydrogen-bond acceptors (Lipinski definition) is 4. The number of methoxy groups -OCH3 is 1. The minimum Gasteiger partial charge on any atom is -0.109 e. The summed E-state index contributed by atoms with van der Waals surface area (Å²) in [6.45, 7) is 20.1. The zero-order valence-corrected chi connectivity index (χ0v) is 90.4. The van der Waals surface area contributed by atoms with Crippen LogP contribution in [0, 0.1) is 13.0 Å². The molecule has 4 nitrogen and oxygen atoms in total. The molecule has 4 aromatic carbocycles. The van der Waals surface area contributed by atoms with Crippen molar-refractivity contribution in [3.63, 3.8) is 0 Å². The monoisotopic (exact) mass is 2160 g/mol. The molecule has 0 unspecified atom stereocenters. The Hall–Kier alpha value is -0.480. The number of hydrogen-bond donors (Lipinski definition) is 0. The van der Waals surface area contributed by atoms with Gasteiger partial charge in [0.2, 0.25) is 0 Å². The molecule has 0 saturated heterocycles. The Bertz CT molecular complexity index is 3730. The molecular formula is C105H155Cl8O4P3Ru3+4. The molecule has 12 aliphatic rings. The third-order valence-electron chi connectivity index (χ3n) is 27.5. The normalized spacial score (nSPS) is 20.6. The van der Waals surface area contributed by atoms with E-state index in [4.69, 9.17) is 100 Å². The maximum absolute atomic E-state index is 6.44. The molecule has 4 aromatic rings. The molecule has 16 rings (SSSR count). The molecule has 18 heteroatoms. The summed E-state index contributed by atoms with van der Waals surface area (Å²) in [7, 11) is 38.6. The fourth-order valence-electron chi connectivity index (χ4n) is 22.5. The van der Waals surface area contributed by atoms with Gasteiger partial charge in [-0.05, 0) is 231 Å². The molecule has 0 radical (unpaired) electrons. The van der Waals surface area contributed by atoms with Gasteiger partial charge in [-0.1, -0.05) is 57.8 Å². The summed E-state index contributed by atoms with van der Waals surface area (Å²) >= 11 is 3.64. The number of alkyl halides is 2. The van der Waals surface area contributed by atoms with Gasteiger partial charge in [-0.2, -0.15) is 0 Å². The van der Waals surface area contributed by atoms with Crippen molar-refractivity contribution in [3.05, 3.63) is 185 Å². The number of benzene rings is 4. The predicted octanol–water partition coefficient (Wildman–Crippen LogP) is 35.2. The van der Waals surface area contributed by atoms with Gasteiger partial charge in [0, 0.05) is 23.8 Å². The van der Waals surface area contributed by atoms with Crippen molar-refractivity contribution >= 4 is 129 Å². The van der Waals surface area contributed by atoms with E-state index < -0.39 is 40.6 Å². The van der Waals surface area contributed by atoms with Crippen molar-refractivity contribution in [2.24, 2.45) is 0 Å². The molecule has 9 saturated carbocycles. The second kappa shape index (κ2) is 59.3. The molecule has 0 heterocycles. The van der Waals surface area contributed by atoms with Gasteiger partial charge in [0.25, 0.3) is 0 Å². The molecule has 0 amide bonds. The van der Waals surface area contributed by atoms with Crippen LogP contribution in [0.1, 0.15) is 369 Å². The Balaban J connectivity index is 0.000000167. The van der Waals surface area contributed by atoms with Crippen molar-refractivity contribution in [1.29, 1.82) is 0 Å². The van der Waals surface area contributed by atoms with Gasteiger partial charge in [-0.25, -0.2) is 0 Å². The fraction of sp³-hybridized carbons (Fsp3) is 0.629. The van der Waals surface area contributed by atoms with Crippen molar-refractivity contribution in [1.82, 2.24) is 0 Å². The Morgan fingerprint density at radius 2 is 0.691 bits per heavy atom. The van der Waals surface area contributed by atoms with Crippen LogP contribution in [0.15, 0.2) is 140 Å². The molecule has 0 aliphatic heterocycles. The number of halogens is 8.